The monoisotopic (exact) mass is 152 g/mol. The van der Waals surface area contributed by atoms with Crippen LogP contribution in [0.15, 0.2) is 0 Å². The first-order valence-corrected chi connectivity index (χ1v) is 4.66. The summed E-state index contributed by atoms with van der Waals surface area (Å²) in [4.78, 5) is 10.4. The van der Waals surface area contributed by atoms with Crippen LogP contribution in [0.2, 0.25) is 0 Å². The molecular weight excluding hydrogens is 136 g/mol. The Bertz CT molecular complexity index is 183. The highest BCUT2D eigenvalue weighted by atomic mass is 16.1. The fourth-order valence-corrected chi connectivity index (χ4v) is 3.01. The van der Waals surface area contributed by atoms with Gasteiger partial charge in [-0.3, -0.25) is 0 Å². The Morgan fingerprint density at radius 2 is 2.09 bits per heavy atom. The first kappa shape index (κ1) is 7.33. The molecule has 2 saturated carbocycles. The van der Waals surface area contributed by atoms with Crippen LogP contribution in [0.1, 0.15) is 45.4 Å². The Labute approximate surface area is 68.2 Å². The summed E-state index contributed by atoms with van der Waals surface area (Å²) in [6.45, 7) is 2.36. The van der Waals surface area contributed by atoms with E-state index in [2.05, 4.69) is 6.92 Å². The van der Waals surface area contributed by atoms with Crippen LogP contribution in [-0.2, 0) is 4.79 Å². The van der Waals surface area contributed by atoms with E-state index >= 15 is 0 Å². The zero-order chi connectivity index (χ0) is 7.95. The molecule has 0 aliphatic heterocycles. The molecule has 0 heterocycles. The van der Waals surface area contributed by atoms with Crippen LogP contribution in [0.3, 0.4) is 0 Å². The summed E-state index contributed by atoms with van der Waals surface area (Å²) in [5.74, 6) is 0. The summed E-state index contributed by atoms with van der Waals surface area (Å²) < 4.78 is 0. The fraction of sp³-hybridized carbons (Fsp3) is 0.900. The van der Waals surface area contributed by atoms with Gasteiger partial charge in [-0.25, -0.2) is 0 Å². The van der Waals surface area contributed by atoms with E-state index in [0.29, 0.717) is 10.8 Å². The summed E-state index contributed by atoms with van der Waals surface area (Å²) in [5, 5.41) is 0. The Kier molecular flexibility index (Phi) is 1.39. The maximum absolute atomic E-state index is 10.4. The molecule has 1 nitrogen and oxygen atoms in total. The molecule has 1 heteroatoms. The highest BCUT2D eigenvalue weighted by Crippen LogP contribution is 2.72. The van der Waals surface area contributed by atoms with Crippen molar-refractivity contribution in [2.24, 2.45) is 10.8 Å². The van der Waals surface area contributed by atoms with Gasteiger partial charge in [-0.15, -0.1) is 0 Å². The minimum atomic E-state index is 0.465. The first-order chi connectivity index (χ1) is 5.22. The molecule has 2 fully saturated rings. The SMILES string of the molecule is CC12CCCCC1(CC=O)C2. The van der Waals surface area contributed by atoms with E-state index in [1.165, 1.54) is 32.1 Å². The first-order valence-electron chi connectivity index (χ1n) is 4.66. The van der Waals surface area contributed by atoms with Gasteiger partial charge in [-0.2, -0.15) is 0 Å². The summed E-state index contributed by atoms with van der Waals surface area (Å²) in [6, 6.07) is 0. The van der Waals surface area contributed by atoms with Gasteiger partial charge in [0.1, 0.15) is 6.29 Å². The molecule has 0 N–H and O–H groups in total. The molecular formula is C10H16O. The smallest absolute Gasteiger partial charge is 0.120 e. The number of hydrogen-bond acceptors (Lipinski definition) is 1. The quantitative estimate of drug-likeness (QED) is 0.556. The lowest BCUT2D eigenvalue weighted by atomic mass is 9.79. The number of hydrogen-bond donors (Lipinski definition) is 0. The summed E-state index contributed by atoms with van der Waals surface area (Å²) in [6.07, 6.45) is 8.67. The Morgan fingerprint density at radius 1 is 1.36 bits per heavy atom. The van der Waals surface area contributed by atoms with E-state index in [0.717, 1.165) is 12.7 Å². The highest BCUT2D eigenvalue weighted by Gasteiger charge is 2.63. The van der Waals surface area contributed by atoms with E-state index in [-0.39, 0.29) is 0 Å². The van der Waals surface area contributed by atoms with E-state index in [1.807, 2.05) is 0 Å². The average Bonchev–Trinajstić information content (AvgIpc) is 2.56. The van der Waals surface area contributed by atoms with Crippen molar-refractivity contribution in [1.82, 2.24) is 0 Å². The van der Waals surface area contributed by atoms with Gasteiger partial charge >= 0.3 is 0 Å². The minimum Gasteiger partial charge on any atom is -0.303 e. The lowest BCUT2D eigenvalue weighted by Crippen LogP contribution is -2.16. The highest BCUT2D eigenvalue weighted by molar-refractivity contribution is 5.53. The Balaban J connectivity index is 2.10. The molecule has 0 radical (unpaired) electrons. The molecule has 2 rings (SSSR count). The molecule has 2 unspecified atom stereocenters. The van der Waals surface area contributed by atoms with Crippen molar-refractivity contribution >= 4 is 6.29 Å². The zero-order valence-electron chi connectivity index (χ0n) is 7.23. The minimum absolute atomic E-state index is 0.465. The third kappa shape index (κ3) is 0.863. The second-order valence-electron chi connectivity index (χ2n) is 4.60. The zero-order valence-corrected chi connectivity index (χ0v) is 7.23. The molecule has 2 aliphatic rings. The van der Waals surface area contributed by atoms with Crippen LogP contribution >= 0.6 is 0 Å². The number of rotatable bonds is 2. The Morgan fingerprint density at radius 3 is 2.73 bits per heavy atom. The average molecular weight is 152 g/mol. The van der Waals surface area contributed by atoms with Crippen molar-refractivity contribution < 1.29 is 4.79 Å². The maximum Gasteiger partial charge on any atom is 0.120 e. The molecule has 0 saturated heterocycles. The molecule has 2 atom stereocenters. The van der Waals surface area contributed by atoms with Crippen molar-refractivity contribution in [1.29, 1.82) is 0 Å². The third-order valence-corrected chi connectivity index (χ3v) is 3.99. The van der Waals surface area contributed by atoms with Crippen LogP contribution in [0, 0.1) is 10.8 Å². The van der Waals surface area contributed by atoms with Gasteiger partial charge in [-0.1, -0.05) is 19.8 Å². The van der Waals surface area contributed by atoms with E-state index in [4.69, 9.17) is 0 Å². The van der Waals surface area contributed by atoms with Gasteiger partial charge in [0.25, 0.3) is 0 Å². The van der Waals surface area contributed by atoms with Crippen molar-refractivity contribution in [3.63, 3.8) is 0 Å². The second-order valence-corrected chi connectivity index (χ2v) is 4.60. The van der Waals surface area contributed by atoms with Crippen molar-refractivity contribution in [3.05, 3.63) is 0 Å². The van der Waals surface area contributed by atoms with Crippen molar-refractivity contribution in [2.75, 3.05) is 0 Å². The summed E-state index contributed by atoms with van der Waals surface area (Å²) in [7, 11) is 0. The van der Waals surface area contributed by atoms with Gasteiger partial charge in [0.2, 0.25) is 0 Å². The van der Waals surface area contributed by atoms with Crippen LogP contribution in [0.25, 0.3) is 0 Å². The molecule has 2 aliphatic carbocycles. The molecule has 0 spiro atoms. The third-order valence-electron chi connectivity index (χ3n) is 3.99. The lowest BCUT2D eigenvalue weighted by Gasteiger charge is -2.25. The number of carbonyl (C=O) groups is 1. The van der Waals surface area contributed by atoms with E-state index in [9.17, 15) is 4.79 Å². The van der Waals surface area contributed by atoms with Gasteiger partial charge in [0, 0.05) is 6.42 Å². The maximum atomic E-state index is 10.4. The van der Waals surface area contributed by atoms with Gasteiger partial charge in [0.15, 0.2) is 0 Å². The summed E-state index contributed by atoms with van der Waals surface area (Å²) in [5.41, 5.74) is 1.03. The van der Waals surface area contributed by atoms with Crippen LogP contribution in [0.5, 0.6) is 0 Å². The molecule has 11 heavy (non-hydrogen) atoms. The van der Waals surface area contributed by atoms with E-state index < -0.39 is 0 Å². The number of carbonyl (C=O) groups excluding carboxylic acids is 1. The molecule has 0 aromatic rings. The standard InChI is InChI=1S/C10H16O/c1-9-4-2-3-5-10(9,8-9)6-7-11/h7H,2-6,8H2,1H3. The largest absolute Gasteiger partial charge is 0.303 e. The molecule has 0 aromatic heterocycles. The number of fused-ring (bicyclic) bond motifs is 1. The topological polar surface area (TPSA) is 17.1 Å². The molecule has 0 aromatic carbocycles. The van der Waals surface area contributed by atoms with Gasteiger partial charge < -0.3 is 4.79 Å². The second kappa shape index (κ2) is 2.09. The molecule has 0 bridgehead atoms. The summed E-state index contributed by atoms with van der Waals surface area (Å²) >= 11 is 0. The number of aldehydes is 1. The van der Waals surface area contributed by atoms with Crippen molar-refractivity contribution in [3.8, 4) is 0 Å². The van der Waals surface area contributed by atoms with Crippen molar-refractivity contribution in [2.45, 2.75) is 45.4 Å². The predicted octanol–water partition coefficient (Wildman–Crippen LogP) is 2.55. The van der Waals surface area contributed by atoms with Gasteiger partial charge in [-0.05, 0) is 30.1 Å². The van der Waals surface area contributed by atoms with Crippen LogP contribution in [0.4, 0.5) is 0 Å². The predicted molar refractivity (Wildman–Crippen MR) is 44.3 cm³/mol. The fourth-order valence-electron chi connectivity index (χ4n) is 3.01. The molecule has 0 amide bonds. The van der Waals surface area contributed by atoms with E-state index in [1.54, 1.807) is 0 Å². The normalized spacial score (nSPS) is 48.1. The molecule has 62 valence electrons. The van der Waals surface area contributed by atoms with Gasteiger partial charge in [0.05, 0.1) is 0 Å². The van der Waals surface area contributed by atoms with Crippen LogP contribution < -0.4 is 0 Å². The van der Waals surface area contributed by atoms with Crippen LogP contribution in [-0.4, -0.2) is 6.29 Å². The lowest BCUT2D eigenvalue weighted by molar-refractivity contribution is -0.109. The Hall–Kier alpha value is -0.330.